The number of rotatable bonds is 4. The van der Waals surface area contributed by atoms with Crippen molar-refractivity contribution in [1.29, 1.82) is 0 Å². The summed E-state index contributed by atoms with van der Waals surface area (Å²) in [5.74, 6) is -0.312. The molecule has 2 amide bonds. The minimum absolute atomic E-state index is 0.100. The van der Waals surface area contributed by atoms with Crippen molar-refractivity contribution in [3.05, 3.63) is 11.9 Å². The number of likely N-dealkylation sites (tertiary alicyclic amines) is 1. The number of carboxylic acids is 1. The van der Waals surface area contributed by atoms with Crippen LogP contribution in [0.5, 0.6) is 0 Å². The van der Waals surface area contributed by atoms with Crippen LogP contribution in [0.4, 0.5) is 4.79 Å². The summed E-state index contributed by atoms with van der Waals surface area (Å²) in [7, 11) is 0. The average molecular weight is 295 g/mol. The molecule has 116 valence electrons. The van der Waals surface area contributed by atoms with Crippen LogP contribution in [0.3, 0.4) is 0 Å². The van der Waals surface area contributed by atoms with Crippen LogP contribution in [0.15, 0.2) is 6.20 Å². The van der Waals surface area contributed by atoms with E-state index in [1.807, 2.05) is 4.90 Å². The number of amides is 2. The number of urea groups is 1. The summed E-state index contributed by atoms with van der Waals surface area (Å²) in [5.41, 5.74) is 0.549. The van der Waals surface area contributed by atoms with Crippen molar-refractivity contribution in [3.63, 3.8) is 0 Å². The molecule has 1 aromatic rings. The highest BCUT2D eigenvalue weighted by Gasteiger charge is 2.18. The fourth-order valence-corrected chi connectivity index (χ4v) is 2.38. The quantitative estimate of drug-likeness (QED) is 0.851. The van der Waals surface area contributed by atoms with E-state index in [-0.39, 0.29) is 19.1 Å². The average Bonchev–Trinajstić information content (AvgIpc) is 2.74. The second-order valence-electron chi connectivity index (χ2n) is 5.48. The lowest BCUT2D eigenvalue weighted by atomic mass is 10.0. The van der Waals surface area contributed by atoms with Gasteiger partial charge in [0.25, 0.3) is 0 Å². The highest BCUT2D eigenvalue weighted by Crippen LogP contribution is 2.16. The molecule has 1 aliphatic rings. The predicted molar refractivity (Wildman–Crippen MR) is 74.5 cm³/mol. The van der Waals surface area contributed by atoms with Gasteiger partial charge in [0.1, 0.15) is 12.2 Å². The number of nitrogens with zero attached hydrogens (tertiary/aromatic N) is 4. The number of aliphatic carboxylic acids is 1. The topological polar surface area (TPSA) is 100 Å². The van der Waals surface area contributed by atoms with Crippen molar-refractivity contribution in [2.24, 2.45) is 5.92 Å². The van der Waals surface area contributed by atoms with E-state index in [1.54, 1.807) is 0 Å². The summed E-state index contributed by atoms with van der Waals surface area (Å²) in [6.07, 6.45) is 4.75. The molecule has 1 unspecified atom stereocenters. The van der Waals surface area contributed by atoms with Crippen LogP contribution in [0.25, 0.3) is 0 Å². The first-order valence-corrected chi connectivity index (χ1v) is 7.18. The number of hydrogen-bond donors (Lipinski definition) is 2. The van der Waals surface area contributed by atoms with Gasteiger partial charge in [-0.3, -0.25) is 4.79 Å². The normalized spacial score (nSPS) is 19.1. The lowest BCUT2D eigenvalue weighted by Gasteiger charge is -2.20. The van der Waals surface area contributed by atoms with Crippen LogP contribution in [-0.2, 0) is 17.9 Å². The molecule has 1 aromatic heterocycles. The molecule has 21 heavy (non-hydrogen) atoms. The zero-order chi connectivity index (χ0) is 15.2. The first-order valence-electron chi connectivity index (χ1n) is 7.18. The molecule has 2 heterocycles. The summed E-state index contributed by atoms with van der Waals surface area (Å²) < 4.78 is 1.23. The second kappa shape index (κ2) is 7.05. The Balaban J connectivity index is 1.80. The van der Waals surface area contributed by atoms with Crippen molar-refractivity contribution in [1.82, 2.24) is 25.2 Å². The van der Waals surface area contributed by atoms with E-state index in [9.17, 15) is 9.59 Å². The molecule has 1 atom stereocenters. The van der Waals surface area contributed by atoms with Gasteiger partial charge in [-0.25, -0.2) is 9.48 Å². The third kappa shape index (κ3) is 4.73. The highest BCUT2D eigenvalue weighted by atomic mass is 16.4. The Morgan fingerprint density at radius 3 is 3.00 bits per heavy atom. The van der Waals surface area contributed by atoms with Crippen LogP contribution in [0.1, 0.15) is 31.9 Å². The highest BCUT2D eigenvalue weighted by molar-refractivity contribution is 5.74. The first-order chi connectivity index (χ1) is 10.0. The summed E-state index contributed by atoms with van der Waals surface area (Å²) in [4.78, 5) is 24.5. The Kier molecular flexibility index (Phi) is 5.13. The van der Waals surface area contributed by atoms with Crippen molar-refractivity contribution in [3.8, 4) is 0 Å². The lowest BCUT2D eigenvalue weighted by molar-refractivity contribution is -0.137. The maximum atomic E-state index is 12.1. The number of hydrogen-bond acceptors (Lipinski definition) is 4. The molecule has 1 saturated heterocycles. The van der Waals surface area contributed by atoms with E-state index < -0.39 is 5.97 Å². The molecule has 1 aliphatic heterocycles. The molecule has 8 heteroatoms. The second-order valence-corrected chi connectivity index (χ2v) is 5.48. The van der Waals surface area contributed by atoms with Gasteiger partial charge in [-0.1, -0.05) is 12.1 Å². The standard InChI is InChI=1S/C13H21N5O3/c1-10-3-2-5-17(6-4-10)13(21)14-7-11-8-18(16-15-11)9-12(19)20/h8,10H,2-7,9H2,1H3,(H,14,21)(H,19,20). The SMILES string of the molecule is CC1CCCN(C(=O)NCc2cn(CC(=O)O)nn2)CC1. The molecule has 0 spiro atoms. The van der Waals surface area contributed by atoms with Gasteiger partial charge in [-0.05, 0) is 25.2 Å². The monoisotopic (exact) mass is 295 g/mol. The molecule has 0 aromatic carbocycles. The van der Waals surface area contributed by atoms with Crippen LogP contribution in [0.2, 0.25) is 0 Å². The molecular formula is C13H21N5O3. The molecule has 0 bridgehead atoms. The fourth-order valence-electron chi connectivity index (χ4n) is 2.38. The number of carbonyl (C=O) groups excluding carboxylic acids is 1. The molecule has 8 nitrogen and oxygen atoms in total. The molecule has 1 fully saturated rings. The summed E-state index contributed by atoms with van der Waals surface area (Å²) in [5, 5.41) is 19.0. The summed E-state index contributed by atoms with van der Waals surface area (Å²) in [6, 6.07) is -0.100. The Morgan fingerprint density at radius 1 is 1.43 bits per heavy atom. The molecule has 0 saturated carbocycles. The van der Waals surface area contributed by atoms with Crippen LogP contribution in [0, 0.1) is 5.92 Å². The van der Waals surface area contributed by atoms with Crippen molar-refractivity contribution >= 4 is 12.0 Å². The van der Waals surface area contributed by atoms with Gasteiger partial charge >= 0.3 is 12.0 Å². The van der Waals surface area contributed by atoms with Gasteiger partial charge in [0, 0.05) is 13.1 Å². The Morgan fingerprint density at radius 2 is 2.24 bits per heavy atom. The lowest BCUT2D eigenvalue weighted by Crippen LogP contribution is -2.40. The van der Waals surface area contributed by atoms with Gasteiger partial charge in [0.05, 0.1) is 12.7 Å². The zero-order valence-corrected chi connectivity index (χ0v) is 12.2. The number of carboxylic acid groups (broad SMARTS) is 1. The molecule has 2 rings (SSSR count). The van der Waals surface area contributed by atoms with Gasteiger partial charge in [0.2, 0.25) is 0 Å². The first kappa shape index (κ1) is 15.3. The van der Waals surface area contributed by atoms with E-state index in [2.05, 4.69) is 22.6 Å². The van der Waals surface area contributed by atoms with Gasteiger partial charge in [-0.15, -0.1) is 5.10 Å². The Labute approximate surface area is 123 Å². The smallest absolute Gasteiger partial charge is 0.325 e. The summed E-state index contributed by atoms with van der Waals surface area (Å²) in [6.45, 7) is 3.79. The van der Waals surface area contributed by atoms with Crippen molar-refractivity contribution in [2.45, 2.75) is 39.3 Å². The minimum atomic E-state index is -0.978. The fraction of sp³-hybridized carbons (Fsp3) is 0.692. The van der Waals surface area contributed by atoms with Gasteiger partial charge in [-0.2, -0.15) is 0 Å². The Bertz CT molecular complexity index is 502. The van der Waals surface area contributed by atoms with Gasteiger partial charge < -0.3 is 15.3 Å². The maximum absolute atomic E-state index is 12.1. The van der Waals surface area contributed by atoms with Crippen molar-refractivity contribution in [2.75, 3.05) is 13.1 Å². The van der Waals surface area contributed by atoms with E-state index >= 15 is 0 Å². The Hall–Kier alpha value is -2.12. The van der Waals surface area contributed by atoms with E-state index in [4.69, 9.17) is 5.11 Å². The largest absolute Gasteiger partial charge is 0.480 e. The van der Waals surface area contributed by atoms with Gasteiger partial charge in [0.15, 0.2) is 0 Å². The molecule has 0 aliphatic carbocycles. The van der Waals surface area contributed by atoms with E-state index in [0.29, 0.717) is 11.6 Å². The third-order valence-corrected chi connectivity index (χ3v) is 3.61. The number of carbonyl (C=O) groups is 2. The molecule has 0 radical (unpaired) electrons. The molecule has 2 N–H and O–H groups in total. The minimum Gasteiger partial charge on any atom is -0.480 e. The third-order valence-electron chi connectivity index (χ3n) is 3.61. The summed E-state index contributed by atoms with van der Waals surface area (Å²) >= 11 is 0. The number of nitrogens with one attached hydrogen (secondary N) is 1. The van der Waals surface area contributed by atoms with E-state index in [1.165, 1.54) is 10.9 Å². The zero-order valence-electron chi connectivity index (χ0n) is 12.2. The van der Waals surface area contributed by atoms with Crippen LogP contribution in [-0.4, -0.2) is 50.1 Å². The predicted octanol–water partition coefficient (Wildman–Crippen LogP) is 0.694. The van der Waals surface area contributed by atoms with Crippen LogP contribution < -0.4 is 5.32 Å². The maximum Gasteiger partial charge on any atom is 0.325 e. The van der Waals surface area contributed by atoms with E-state index in [0.717, 1.165) is 32.4 Å². The van der Waals surface area contributed by atoms with Crippen LogP contribution >= 0.6 is 0 Å². The molecular weight excluding hydrogens is 274 g/mol. The van der Waals surface area contributed by atoms with Crippen molar-refractivity contribution < 1.29 is 14.7 Å². The number of aromatic nitrogens is 3.